The fourth-order valence-corrected chi connectivity index (χ4v) is 9.41. The number of fused-ring (bicyclic) bond motifs is 1. The van der Waals surface area contributed by atoms with E-state index in [4.69, 9.17) is 4.42 Å². The van der Waals surface area contributed by atoms with Crippen molar-refractivity contribution in [1.29, 1.82) is 0 Å². The second-order valence-electron chi connectivity index (χ2n) is 15.8. The van der Waals surface area contributed by atoms with Crippen molar-refractivity contribution in [1.82, 2.24) is 0 Å². The first-order chi connectivity index (χ1) is 29.6. The van der Waals surface area contributed by atoms with Crippen LogP contribution in [0, 0.1) is 0 Å². The largest absolute Gasteiger partial charge is 0.456 e. The summed E-state index contributed by atoms with van der Waals surface area (Å²) in [6.07, 6.45) is 0. The molecule has 0 unspecified atom stereocenters. The van der Waals surface area contributed by atoms with Crippen LogP contribution in [0.5, 0.6) is 0 Å². The van der Waals surface area contributed by atoms with Gasteiger partial charge < -0.3 is 9.32 Å². The smallest absolute Gasteiger partial charge is 0.135 e. The molecule has 2 nitrogen and oxygen atoms in total. The number of hydrogen-bond donors (Lipinski definition) is 0. The summed E-state index contributed by atoms with van der Waals surface area (Å²) >= 11 is 0. The van der Waals surface area contributed by atoms with Crippen molar-refractivity contribution in [3.8, 4) is 22.3 Å². The molecule has 1 aromatic heterocycles. The van der Waals surface area contributed by atoms with Crippen LogP contribution in [0.4, 0.5) is 17.1 Å². The molecule has 0 amide bonds. The topological polar surface area (TPSA) is 16.4 Å². The maximum atomic E-state index is 6.93. The van der Waals surface area contributed by atoms with Crippen LogP contribution in [0.15, 0.2) is 235 Å². The highest BCUT2D eigenvalue weighted by atomic mass is 16.3. The average Bonchev–Trinajstić information content (AvgIpc) is 3.46. The first-order valence-corrected chi connectivity index (χ1v) is 20.7. The summed E-state index contributed by atoms with van der Waals surface area (Å²) in [6, 6.07) is 82.9. The van der Waals surface area contributed by atoms with E-state index in [9.17, 15) is 0 Å². The van der Waals surface area contributed by atoms with Gasteiger partial charge in [0, 0.05) is 33.2 Å². The quantitative estimate of drug-likeness (QED) is 0.143. The monoisotopic (exact) mass is 767 g/mol. The number of rotatable bonds is 8. The SMILES string of the molecule is CC(c1ccccc1)(c1ccccc1)c1ccc(-c2ccc3oc4ccc(-c5ccc(N(c6ccccc6)c6ccccc6)cc5)c5cccc(c6cccc2c36)c45)cc1. The van der Waals surface area contributed by atoms with E-state index in [1.165, 1.54) is 54.9 Å². The Morgan fingerprint density at radius 3 is 1.13 bits per heavy atom. The zero-order chi connectivity index (χ0) is 40.0. The molecule has 0 aliphatic carbocycles. The van der Waals surface area contributed by atoms with E-state index < -0.39 is 0 Å². The van der Waals surface area contributed by atoms with Gasteiger partial charge in [0.25, 0.3) is 0 Å². The predicted molar refractivity (Wildman–Crippen MR) is 253 cm³/mol. The zero-order valence-electron chi connectivity index (χ0n) is 33.3. The predicted octanol–water partition coefficient (Wildman–Crippen LogP) is 16.1. The Kier molecular flexibility index (Phi) is 8.64. The van der Waals surface area contributed by atoms with Gasteiger partial charge in [-0.2, -0.15) is 0 Å². The summed E-state index contributed by atoms with van der Waals surface area (Å²) in [5.41, 5.74) is 13.3. The van der Waals surface area contributed by atoms with Crippen molar-refractivity contribution in [2.75, 3.05) is 4.90 Å². The maximum absolute atomic E-state index is 6.93. The van der Waals surface area contributed by atoms with E-state index in [2.05, 4.69) is 242 Å². The Hall–Kier alpha value is -7.68. The van der Waals surface area contributed by atoms with Gasteiger partial charge in [-0.05, 0) is 116 Å². The molecule has 60 heavy (non-hydrogen) atoms. The summed E-state index contributed by atoms with van der Waals surface area (Å²) in [6.45, 7) is 2.33. The molecule has 0 saturated carbocycles. The molecule has 11 rings (SSSR count). The first kappa shape index (κ1) is 35.5. The molecule has 0 N–H and O–H groups in total. The fraction of sp³-hybridized carbons (Fsp3) is 0.0345. The van der Waals surface area contributed by atoms with Gasteiger partial charge in [-0.15, -0.1) is 0 Å². The Labute approximate surface area is 350 Å². The Morgan fingerprint density at radius 2 is 0.683 bits per heavy atom. The first-order valence-electron chi connectivity index (χ1n) is 20.7. The van der Waals surface area contributed by atoms with Crippen molar-refractivity contribution >= 4 is 60.5 Å². The van der Waals surface area contributed by atoms with Gasteiger partial charge in [-0.3, -0.25) is 0 Å². The van der Waals surface area contributed by atoms with E-state index in [1.54, 1.807) is 0 Å². The molecule has 0 aliphatic heterocycles. The van der Waals surface area contributed by atoms with E-state index >= 15 is 0 Å². The minimum atomic E-state index is -0.303. The lowest BCUT2D eigenvalue weighted by Gasteiger charge is -2.32. The molecule has 0 atom stereocenters. The lowest BCUT2D eigenvalue weighted by atomic mass is 9.71. The van der Waals surface area contributed by atoms with Gasteiger partial charge in [-0.1, -0.05) is 182 Å². The van der Waals surface area contributed by atoms with E-state index in [0.29, 0.717) is 0 Å². The molecule has 2 heteroatoms. The van der Waals surface area contributed by atoms with Crippen LogP contribution in [-0.4, -0.2) is 0 Å². The van der Waals surface area contributed by atoms with Crippen LogP contribution in [0.25, 0.3) is 65.7 Å². The van der Waals surface area contributed by atoms with Crippen molar-refractivity contribution in [3.63, 3.8) is 0 Å². The Balaban J connectivity index is 1.02. The number of benzene rings is 10. The van der Waals surface area contributed by atoms with Crippen LogP contribution >= 0.6 is 0 Å². The summed E-state index contributed by atoms with van der Waals surface area (Å²) < 4.78 is 6.93. The summed E-state index contributed by atoms with van der Waals surface area (Å²) in [4.78, 5) is 2.30. The molecule has 10 aromatic carbocycles. The molecule has 11 aromatic rings. The molecule has 284 valence electrons. The normalized spacial score (nSPS) is 11.8. The lowest BCUT2D eigenvalue weighted by Crippen LogP contribution is -2.25. The van der Waals surface area contributed by atoms with E-state index in [1.807, 2.05) is 0 Å². The number of nitrogens with zero attached hydrogens (tertiary/aromatic N) is 1. The van der Waals surface area contributed by atoms with Gasteiger partial charge in [0.2, 0.25) is 0 Å². The molecule has 0 spiro atoms. The molecular formula is C58H41NO. The molecule has 0 radical (unpaired) electrons. The second kappa shape index (κ2) is 14.6. The van der Waals surface area contributed by atoms with Crippen LogP contribution in [0.2, 0.25) is 0 Å². The van der Waals surface area contributed by atoms with E-state index in [0.717, 1.165) is 44.6 Å². The third kappa shape index (κ3) is 5.88. The fourth-order valence-electron chi connectivity index (χ4n) is 9.41. The minimum Gasteiger partial charge on any atom is -0.456 e. The van der Waals surface area contributed by atoms with Gasteiger partial charge in [-0.25, -0.2) is 0 Å². The van der Waals surface area contributed by atoms with Crippen molar-refractivity contribution in [3.05, 3.63) is 247 Å². The van der Waals surface area contributed by atoms with Gasteiger partial charge in [0.1, 0.15) is 11.2 Å². The zero-order valence-corrected chi connectivity index (χ0v) is 33.3. The highest BCUT2D eigenvalue weighted by Crippen LogP contribution is 2.44. The molecule has 0 fully saturated rings. The third-order valence-corrected chi connectivity index (χ3v) is 12.5. The summed E-state index contributed by atoms with van der Waals surface area (Å²) in [5.74, 6) is 0. The lowest BCUT2D eigenvalue weighted by molar-refractivity contribution is 0.664. The van der Waals surface area contributed by atoms with Crippen LogP contribution < -0.4 is 4.90 Å². The molecule has 0 bridgehead atoms. The van der Waals surface area contributed by atoms with Crippen molar-refractivity contribution in [2.24, 2.45) is 0 Å². The van der Waals surface area contributed by atoms with Crippen molar-refractivity contribution < 1.29 is 4.42 Å². The summed E-state index contributed by atoms with van der Waals surface area (Å²) in [7, 11) is 0. The Morgan fingerprint density at radius 1 is 0.317 bits per heavy atom. The van der Waals surface area contributed by atoms with Crippen LogP contribution in [0.3, 0.4) is 0 Å². The van der Waals surface area contributed by atoms with Crippen LogP contribution in [-0.2, 0) is 5.41 Å². The molecular weight excluding hydrogens is 727 g/mol. The highest BCUT2D eigenvalue weighted by molar-refractivity contribution is 6.26. The molecule has 1 heterocycles. The van der Waals surface area contributed by atoms with Gasteiger partial charge in [0.05, 0.1) is 0 Å². The minimum absolute atomic E-state index is 0.303. The summed E-state index contributed by atoms with van der Waals surface area (Å²) in [5, 5.41) is 6.97. The average molecular weight is 768 g/mol. The number of hydrogen-bond acceptors (Lipinski definition) is 2. The van der Waals surface area contributed by atoms with Crippen LogP contribution in [0.1, 0.15) is 23.6 Å². The van der Waals surface area contributed by atoms with Gasteiger partial charge in [0.15, 0.2) is 0 Å². The number of anilines is 3. The Bertz CT molecular complexity index is 3200. The van der Waals surface area contributed by atoms with E-state index in [-0.39, 0.29) is 5.41 Å². The van der Waals surface area contributed by atoms with Gasteiger partial charge >= 0.3 is 0 Å². The standard InChI is InChI=1S/C58H41NO/c1-58(42-16-6-2-7-17-42,43-18-8-3-9-19-43)44-32-28-40(29-33-44)48-36-38-54-56-50(48)24-14-26-52(56)53-27-15-25-51-49(37-39-55(60-54)57(51)53)41-30-34-47(35-31-41)59(45-20-10-4-11-21-45)46-22-12-5-13-23-46/h2-39H,1H3. The number of para-hydroxylation sites is 2. The second-order valence-corrected chi connectivity index (χ2v) is 15.8. The maximum Gasteiger partial charge on any atom is 0.135 e. The van der Waals surface area contributed by atoms with Crippen molar-refractivity contribution in [2.45, 2.75) is 12.3 Å². The highest BCUT2D eigenvalue weighted by Gasteiger charge is 2.31. The molecule has 0 aliphatic rings. The molecule has 0 saturated heterocycles. The third-order valence-electron chi connectivity index (χ3n) is 12.5.